The molecular formula is C13H16N2O3. The molecule has 2 N–H and O–H groups in total. The SMILES string of the molecule is O=C(O)[C@H]1CCC[C@H]1C(=O)NCc1ccncc1. The minimum absolute atomic E-state index is 0.156. The molecule has 2 atom stereocenters. The third-order valence-corrected chi connectivity index (χ3v) is 3.39. The molecule has 1 aliphatic carbocycles. The van der Waals surface area contributed by atoms with Crippen LogP contribution in [-0.2, 0) is 16.1 Å². The molecule has 0 aliphatic heterocycles. The standard InChI is InChI=1S/C13H16N2O3/c16-12(10-2-1-3-11(10)13(17)18)15-8-9-4-6-14-7-5-9/h4-7,10-11H,1-3,8H2,(H,15,16)(H,17,18)/t10-,11+/m1/s1. The number of carboxylic acid groups (broad SMARTS) is 1. The average Bonchev–Trinajstić information content (AvgIpc) is 2.86. The topological polar surface area (TPSA) is 79.3 Å². The van der Waals surface area contributed by atoms with Crippen molar-refractivity contribution in [3.8, 4) is 0 Å². The van der Waals surface area contributed by atoms with Crippen molar-refractivity contribution in [1.82, 2.24) is 10.3 Å². The van der Waals surface area contributed by atoms with Gasteiger partial charge in [-0.2, -0.15) is 0 Å². The van der Waals surface area contributed by atoms with Crippen LogP contribution in [0.3, 0.4) is 0 Å². The van der Waals surface area contributed by atoms with E-state index < -0.39 is 11.9 Å². The summed E-state index contributed by atoms with van der Waals surface area (Å²) in [6.45, 7) is 0.421. The quantitative estimate of drug-likeness (QED) is 0.839. The van der Waals surface area contributed by atoms with Gasteiger partial charge in [0.1, 0.15) is 0 Å². The number of aliphatic carboxylic acids is 1. The molecule has 0 unspecified atom stereocenters. The van der Waals surface area contributed by atoms with E-state index in [1.807, 2.05) is 12.1 Å². The zero-order valence-electron chi connectivity index (χ0n) is 10.0. The number of carboxylic acids is 1. The molecule has 1 heterocycles. The summed E-state index contributed by atoms with van der Waals surface area (Å²) in [5.41, 5.74) is 0.961. The number of carbonyl (C=O) groups is 2. The number of nitrogens with one attached hydrogen (secondary N) is 1. The van der Waals surface area contributed by atoms with Crippen molar-refractivity contribution in [1.29, 1.82) is 0 Å². The Kier molecular flexibility index (Phi) is 3.92. The summed E-state index contributed by atoms with van der Waals surface area (Å²) in [7, 11) is 0. The average molecular weight is 248 g/mol. The second-order valence-corrected chi connectivity index (χ2v) is 4.56. The fourth-order valence-corrected chi connectivity index (χ4v) is 2.39. The van der Waals surface area contributed by atoms with E-state index >= 15 is 0 Å². The predicted octanol–water partition coefficient (Wildman–Crippen LogP) is 1.20. The van der Waals surface area contributed by atoms with E-state index in [-0.39, 0.29) is 11.8 Å². The largest absolute Gasteiger partial charge is 0.481 e. The third-order valence-electron chi connectivity index (χ3n) is 3.39. The van der Waals surface area contributed by atoms with Gasteiger partial charge in [0.05, 0.1) is 11.8 Å². The molecule has 0 saturated heterocycles. The Morgan fingerprint density at radius 1 is 1.28 bits per heavy atom. The van der Waals surface area contributed by atoms with Crippen molar-refractivity contribution in [3.63, 3.8) is 0 Å². The maximum absolute atomic E-state index is 11.9. The van der Waals surface area contributed by atoms with Crippen LogP contribution in [0.2, 0.25) is 0 Å². The maximum Gasteiger partial charge on any atom is 0.307 e. The van der Waals surface area contributed by atoms with Gasteiger partial charge in [-0.05, 0) is 30.5 Å². The number of carbonyl (C=O) groups excluding carboxylic acids is 1. The minimum atomic E-state index is -0.864. The van der Waals surface area contributed by atoms with Gasteiger partial charge < -0.3 is 10.4 Å². The van der Waals surface area contributed by atoms with Crippen LogP contribution in [0.15, 0.2) is 24.5 Å². The zero-order valence-corrected chi connectivity index (χ0v) is 10.0. The van der Waals surface area contributed by atoms with Gasteiger partial charge in [0.15, 0.2) is 0 Å². The summed E-state index contributed by atoms with van der Waals surface area (Å²) in [5.74, 6) is -1.93. The molecule has 0 aromatic carbocycles. The zero-order chi connectivity index (χ0) is 13.0. The van der Waals surface area contributed by atoms with Gasteiger partial charge in [-0.3, -0.25) is 14.6 Å². The Bertz CT molecular complexity index is 433. The summed E-state index contributed by atoms with van der Waals surface area (Å²) >= 11 is 0. The Balaban J connectivity index is 1.90. The molecule has 1 aromatic heterocycles. The van der Waals surface area contributed by atoms with Crippen molar-refractivity contribution in [2.75, 3.05) is 0 Å². The molecule has 1 fully saturated rings. The molecule has 1 aliphatic rings. The first-order valence-electron chi connectivity index (χ1n) is 6.08. The first-order valence-corrected chi connectivity index (χ1v) is 6.08. The van der Waals surface area contributed by atoms with E-state index in [2.05, 4.69) is 10.3 Å². The fraction of sp³-hybridized carbons (Fsp3) is 0.462. The first kappa shape index (κ1) is 12.5. The van der Waals surface area contributed by atoms with Gasteiger partial charge in [-0.1, -0.05) is 6.42 Å². The van der Waals surface area contributed by atoms with Gasteiger partial charge in [-0.25, -0.2) is 0 Å². The Hall–Kier alpha value is -1.91. The molecule has 1 aromatic rings. The van der Waals surface area contributed by atoms with Crippen molar-refractivity contribution in [2.24, 2.45) is 11.8 Å². The lowest BCUT2D eigenvalue weighted by Crippen LogP contribution is -2.34. The normalized spacial score (nSPS) is 22.7. The maximum atomic E-state index is 11.9. The van der Waals surface area contributed by atoms with Crippen LogP contribution >= 0.6 is 0 Å². The van der Waals surface area contributed by atoms with Gasteiger partial charge in [0, 0.05) is 18.9 Å². The second kappa shape index (κ2) is 5.62. The number of aromatic nitrogens is 1. The molecule has 1 amide bonds. The molecule has 2 rings (SSSR count). The molecule has 0 bridgehead atoms. The van der Waals surface area contributed by atoms with Crippen molar-refractivity contribution in [2.45, 2.75) is 25.8 Å². The van der Waals surface area contributed by atoms with Gasteiger partial charge in [0.2, 0.25) is 5.91 Å². The molecule has 18 heavy (non-hydrogen) atoms. The lowest BCUT2D eigenvalue weighted by Gasteiger charge is -2.15. The summed E-state index contributed by atoms with van der Waals surface area (Å²) < 4.78 is 0. The highest BCUT2D eigenvalue weighted by molar-refractivity contribution is 5.85. The molecule has 5 heteroatoms. The molecule has 0 radical (unpaired) electrons. The number of nitrogens with zero attached hydrogens (tertiary/aromatic N) is 1. The van der Waals surface area contributed by atoms with Crippen molar-refractivity contribution < 1.29 is 14.7 Å². The van der Waals surface area contributed by atoms with E-state index in [4.69, 9.17) is 5.11 Å². The van der Waals surface area contributed by atoms with Crippen LogP contribution in [-0.4, -0.2) is 22.0 Å². The van der Waals surface area contributed by atoms with Crippen molar-refractivity contribution in [3.05, 3.63) is 30.1 Å². The van der Waals surface area contributed by atoms with E-state index in [0.29, 0.717) is 19.4 Å². The van der Waals surface area contributed by atoms with Gasteiger partial charge in [-0.15, -0.1) is 0 Å². The number of hydrogen-bond donors (Lipinski definition) is 2. The molecule has 1 saturated carbocycles. The number of pyridine rings is 1. The monoisotopic (exact) mass is 248 g/mol. The highest BCUT2D eigenvalue weighted by atomic mass is 16.4. The molecule has 96 valence electrons. The van der Waals surface area contributed by atoms with Crippen LogP contribution in [0, 0.1) is 11.8 Å². The lowest BCUT2D eigenvalue weighted by atomic mass is 9.95. The fourth-order valence-electron chi connectivity index (χ4n) is 2.39. The summed E-state index contributed by atoms with van der Waals surface area (Å²) in [6.07, 6.45) is 5.40. The number of amides is 1. The molecular weight excluding hydrogens is 232 g/mol. The minimum Gasteiger partial charge on any atom is -0.481 e. The Morgan fingerprint density at radius 3 is 2.61 bits per heavy atom. The Morgan fingerprint density at radius 2 is 1.94 bits per heavy atom. The van der Waals surface area contributed by atoms with E-state index in [9.17, 15) is 9.59 Å². The molecule has 5 nitrogen and oxygen atoms in total. The number of rotatable bonds is 4. The molecule has 0 spiro atoms. The van der Waals surface area contributed by atoms with Crippen LogP contribution in [0.25, 0.3) is 0 Å². The van der Waals surface area contributed by atoms with E-state index in [0.717, 1.165) is 12.0 Å². The van der Waals surface area contributed by atoms with Crippen LogP contribution in [0.5, 0.6) is 0 Å². The second-order valence-electron chi connectivity index (χ2n) is 4.56. The smallest absolute Gasteiger partial charge is 0.307 e. The highest BCUT2D eigenvalue weighted by Crippen LogP contribution is 2.32. The van der Waals surface area contributed by atoms with E-state index in [1.165, 1.54) is 0 Å². The Labute approximate surface area is 105 Å². The van der Waals surface area contributed by atoms with Crippen LogP contribution in [0.4, 0.5) is 0 Å². The van der Waals surface area contributed by atoms with Gasteiger partial charge in [0.25, 0.3) is 0 Å². The number of hydrogen-bond acceptors (Lipinski definition) is 3. The van der Waals surface area contributed by atoms with E-state index in [1.54, 1.807) is 12.4 Å². The summed E-state index contributed by atoms with van der Waals surface area (Å²) in [5, 5.41) is 11.8. The predicted molar refractivity (Wildman–Crippen MR) is 64.6 cm³/mol. The summed E-state index contributed by atoms with van der Waals surface area (Å²) in [4.78, 5) is 26.8. The van der Waals surface area contributed by atoms with Crippen LogP contribution in [0.1, 0.15) is 24.8 Å². The first-order chi connectivity index (χ1) is 8.68. The van der Waals surface area contributed by atoms with Crippen LogP contribution < -0.4 is 5.32 Å². The summed E-state index contributed by atoms with van der Waals surface area (Å²) in [6, 6.07) is 3.65. The van der Waals surface area contributed by atoms with Gasteiger partial charge >= 0.3 is 5.97 Å². The van der Waals surface area contributed by atoms with Crippen molar-refractivity contribution >= 4 is 11.9 Å². The lowest BCUT2D eigenvalue weighted by molar-refractivity contribution is -0.146. The third kappa shape index (κ3) is 2.85. The highest BCUT2D eigenvalue weighted by Gasteiger charge is 2.37.